The third-order valence-corrected chi connectivity index (χ3v) is 7.51. The van der Waals surface area contributed by atoms with Crippen LogP contribution in [0.2, 0.25) is 0 Å². The molecule has 1 aromatic heterocycles. The van der Waals surface area contributed by atoms with Gasteiger partial charge in [0.2, 0.25) is 5.13 Å². The molecule has 0 bridgehead atoms. The van der Waals surface area contributed by atoms with Gasteiger partial charge in [0.25, 0.3) is 15.9 Å². The van der Waals surface area contributed by atoms with E-state index in [-0.39, 0.29) is 22.6 Å². The fourth-order valence-electron chi connectivity index (χ4n) is 3.10. The first-order valence-corrected chi connectivity index (χ1v) is 12.3. The number of sulfonamides is 1. The highest BCUT2D eigenvalue weighted by Gasteiger charge is 2.32. The molecule has 3 rings (SSSR count). The maximum atomic E-state index is 13.9. The molecule has 34 heavy (non-hydrogen) atoms. The number of carbonyl (C=O) groups excluding carboxylic acids is 1. The molecule has 0 aliphatic rings. The molecular formula is C21H20F4N4O3S2. The Balaban J connectivity index is 1.64. The Morgan fingerprint density at radius 1 is 1.15 bits per heavy atom. The van der Waals surface area contributed by atoms with Gasteiger partial charge < -0.3 is 5.32 Å². The third kappa shape index (κ3) is 5.70. The zero-order chi connectivity index (χ0) is 25.1. The lowest BCUT2D eigenvalue weighted by Crippen LogP contribution is -2.37. The van der Waals surface area contributed by atoms with Crippen molar-refractivity contribution in [1.29, 1.82) is 0 Å². The number of alkyl halides is 3. The number of amides is 1. The Bertz CT molecular complexity index is 1250. The molecule has 0 fully saturated rings. The van der Waals surface area contributed by atoms with Crippen LogP contribution in [0.1, 0.15) is 35.3 Å². The molecule has 1 N–H and O–H groups in total. The summed E-state index contributed by atoms with van der Waals surface area (Å²) in [5, 5.41) is 10.2. The molecule has 1 amide bonds. The van der Waals surface area contributed by atoms with Gasteiger partial charge in [-0.3, -0.25) is 4.79 Å². The summed E-state index contributed by atoms with van der Waals surface area (Å²) in [6, 6.07) is 7.32. The van der Waals surface area contributed by atoms with Crippen LogP contribution >= 0.6 is 11.3 Å². The predicted octanol–water partition coefficient (Wildman–Crippen LogP) is 4.27. The minimum atomic E-state index is -4.71. The van der Waals surface area contributed by atoms with Crippen LogP contribution in [0.25, 0.3) is 0 Å². The molecule has 0 saturated heterocycles. The predicted molar refractivity (Wildman–Crippen MR) is 119 cm³/mol. The highest BCUT2D eigenvalue weighted by atomic mass is 32.2. The van der Waals surface area contributed by atoms with Crippen LogP contribution < -0.4 is 9.62 Å². The van der Waals surface area contributed by atoms with Gasteiger partial charge in [0.1, 0.15) is 11.3 Å². The number of halogens is 4. The Labute approximate surface area is 197 Å². The molecule has 7 nitrogen and oxygen atoms in total. The van der Waals surface area contributed by atoms with Crippen LogP contribution in [-0.2, 0) is 22.6 Å². The number of aromatic nitrogens is 2. The second-order valence-electron chi connectivity index (χ2n) is 7.46. The normalized spacial score (nSPS) is 12.1. The minimum absolute atomic E-state index is 0.0519. The summed E-state index contributed by atoms with van der Waals surface area (Å²) in [6.45, 7) is 3.50. The summed E-state index contributed by atoms with van der Waals surface area (Å²) in [5.41, 5.74) is 0.451. The Kier molecular flexibility index (Phi) is 7.56. The average molecular weight is 517 g/mol. The Morgan fingerprint density at radius 2 is 1.82 bits per heavy atom. The maximum absolute atomic E-state index is 13.9. The van der Waals surface area contributed by atoms with Crippen molar-refractivity contribution in [1.82, 2.24) is 15.5 Å². The zero-order valence-corrected chi connectivity index (χ0v) is 19.6. The van der Waals surface area contributed by atoms with Gasteiger partial charge in [0.15, 0.2) is 0 Å². The number of carbonyl (C=O) groups is 1. The topological polar surface area (TPSA) is 92.3 Å². The third-order valence-electron chi connectivity index (χ3n) is 4.73. The molecule has 0 aliphatic heterocycles. The molecule has 0 spiro atoms. The Hall–Kier alpha value is -3.06. The number of nitrogens with one attached hydrogen (secondary N) is 1. The van der Waals surface area contributed by atoms with E-state index < -0.39 is 45.1 Å². The second-order valence-corrected chi connectivity index (χ2v) is 10.1. The van der Waals surface area contributed by atoms with Crippen molar-refractivity contribution in [2.75, 3.05) is 10.8 Å². The van der Waals surface area contributed by atoms with Gasteiger partial charge in [0, 0.05) is 12.6 Å². The van der Waals surface area contributed by atoms with E-state index in [1.54, 1.807) is 26.0 Å². The van der Waals surface area contributed by atoms with E-state index in [2.05, 4.69) is 15.5 Å². The van der Waals surface area contributed by atoms with Gasteiger partial charge >= 0.3 is 6.18 Å². The first-order valence-electron chi connectivity index (χ1n) is 9.95. The first kappa shape index (κ1) is 25.6. The summed E-state index contributed by atoms with van der Waals surface area (Å²) in [6.07, 6.45) is -4.42. The lowest BCUT2D eigenvalue weighted by atomic mass is 10.1. The molecule has 0 unspecified atom stereocenters. The smallest absolute Gasteiger partial charge is 0.352 e. The average Bonchev–Trinajstić information content (AvgIpc) is 3.26. The SMILES string of the molecule is CC(C)N(c1nncs1)S(=O)(=O)c1ccc(CCNC(=O)c2ccc(C(F)(F)F)cc2F)cc1. The quantitative estimate of drug-likeness (QED) is 0.452. The molecule has 182 valence electrons. The summed E-state index contributed by atoms with van der Waals surface area (Å²) < 4.78 is 79.1. The number of anilines is 1. The molecule has 0 radical (unpaired) electrons. The number of hydrogen-bond donors (Lipinski definition) is 1. The van der Waals surface area contributed by atoms with Crippen LogP contribution in [-0.4, -0.2) is 37.1 Å². The van der Waals surface area contributed by atoms with Gasteiger partial charge in [-0.05, 0) is 56.2 Å². The standard InChI is InChI=1S/C21H20F4N4O3S2/c1-13(2)29(20-28-27-12-33-20)34(31,32)16-6-3-14(4-7-16)9-10-26-19(30)17-8-5-15(11-18(17)22)21(23,24)25/h3-8,11-13H,9-10H2,1-2H3,(H,26,30). The maximum Gasteiger partial charge on any atom is 0.416 e. The van der Waals surface area contributed by atoms with Gasteiger partial charge in [-0.2, -0.15) is 13.2 Å². The minimum Gasteiger partial charge on any atom is -0.352 e. The summed E-state index contributed by atoms with van der Waals surface area (Å²) >= 11 is 1.10. The van der Waals surface area contributed by atoms with Crippen molar-refractivity contribution in [3.8, 4) is 0 Å². The van der Waals surface area contributed by atoms with Crippen molar-refractivity contribution in [3.63, 3.8) is 0 Å². The lowest BCUT2D eigenvalue weighted by Gasteiger charge is -2.25. The van der Waals surface area contributed by atoms with Crippen molar-refractivity contribution in [2.45, 2.75) is 37.4 Å². The molecular weight excluding hydrogens is 496 g/mol. The fourth-order valence-corrected chi connectivity index (χ4v) is 5.62. The summed E-state index contributed by atoms with van der Waals surface area (Å²) in [4.78, 5) is 12.2. The molecule has 3 aromatic rings. The van der Waals surface area contributed by atoms with Crippen LogP contribution in [0, 0.1) is 5.82 Å². The van der Waals surface area contributed by atoms with Crippen molar-refractivity contribution in [3.05, 3.63) is 70.5 Å². The molecule has 2 aromatic carbocycles. The van der Waals surface area contributed by atoms with E-state index in [0.29, 0.717) is 18.1 Å². The molecule has 0 atom stereocenters. The largest absolute Gasteiger partial charge is 0.416 e. The van der Waals surface area contributed by atoms with Gasteiger partial charge in [-0.1, -0.05) is 23.5 Å². The van der Waals surface area contributed by atoms with Crippen LogP contribution in [0.15, 0.2) is 52.9 Å². The number of rotatable bonds is 8. The van der Waals surface area contributed by atoms with Crippen molar-refractivity contribution >= 4 is 32.4 Å². The van der Waals surface area contributed by atoms with E-state index in [9.17, 15) is 30.8 Å². The van der Waals surface area contributed by atoms with E-state index in [1.165, 1.54) is 21.9 Å². The van der Waals surface area contributed by atoms with Gasteiger partial charge in [-0.15, -0.1) is 10.2 Å². The van der Waals surface area contributed by atoms with Crippen molar-refractivity contribution in [2.24, 2.45) is 0 Å². The molecule has 1 heterocycles. The molecule has 0 aliphatic carbocycles. The van der Waals surface area contributed by atoms with Gasteiger partial charge in [0.05, 0.1) is 16.0 Å². The van der Waals surface area contributed by atoms with Crippen LogP contribution in [0.3, 0.4) is 0 Å². The van der Waals surface area contributed by atoms with E-state index in [4.69, 9.17) is 0 Å². The fraction of sp³-hybridized carbons (Fsp3) is 0.286. The molecule has 0 saturated carbocycles. The van der Waals surface area contributed by atoms with E-state index in [0.717, 1.165) is 17.4 Å². The van der Waals surface area contributed by atoms with Gasteiger partial charge in [-0.25, -0.2) is 17.1 Å². The summed E-state index contributed by atoms with van der Waals surface area (Å²) in [7, 11) is -3.88. The monoisotopic (exact) mass is 516 g/mol. The van der Waals surface area contributed by atoms with Crippen LogP contribution in [0.4, 0.5) is 22.7 Å². The van der Waals surface area contributed by atoms with E-state index >= 15 is 0 Å². The first-order chi connectivity index (χ1) is 15.9. The molecule has 13 heteroatoms. The lowest BCUT2D eigenvalue weighted by molar-refractivity contribution is -0.137. The number of benzene rings is 2. The zero-order valence-electron chi connectivity index (χ0n) is 18.0. The number of nitrogens with zero attached hydrogens (tertiary/aromatic N) is 3. The highest BCUT2D eigenvalue weighted by Crippen LogP contribution is 2.30. The Morgan fingerprint density at radius 3 is 2.35 bits per heavy atom. The second kappa shape index (κ2) is 10.1. The van der Waals surface area contributed by atoms with E-state index in [1.807, 2.05) is 0 Å². The van der Waals surface area contributed by atoms with Crippen LogP contribution in [0.5, 0.6) is 0 Å². The van der Waals surface area contributed by atoms with Crippen molar-refractivity contribution < 1.29 is 30.8 Å². The summed E-state index contributed by atoms with van der Waals surface area (Å²) in [5.74, 6) is -2.12. The number of hydrogen-bond acceptors (Lipinski definition) is 6. The highest BCUT2D eigenvalue weighted by molar-refractivity contribution is 7.93.